The molecule has 2 unspecified atom stereocenters. The van der Waals surface area contributed by atoms with Crippen molar-refractivity contribution in [3.05, 3.63) is 0 Å². The predicted molar refractivity (Wildman–Crippen MR) is 65.1 cm³/mol. The van der Waals surface area contributed by atoms with Crippen LogP contribution in [-0.4, -0.2) is 17.1 Å². The first kappa shape index (κ1) is 13.5. The number of nitrogens with two attached hydrogens (primary N) is 1. The maximum Gasteiger partial charge on any atom is 0.307 e. The van der Waals surface area contributed by atoms with Crippen LogP contribution < -0.4 is 5.73 Å². The first-order chi connectivity index (χ1) is 7.50. The molecule has 0 saturated heterocycles. The van der Waals surface area contributed by atoms with E-state index in [-0.39, 0.29) is 6.04 Å². The minimum absolute atomic E-state index is 0.200. The Morgan fingerprint density at radius 2 is 1.94 bits per heavy atom. The van der Waals surface area contributed by atoms with Gasteiger partial charge in [0.1, 0.15) is 0 Å². The van der Waals surface area contributed by atoms with Crippen molar-refractivity contribution in [3.8, 4) is 0 Å². The lowest BCUT2D eigenvalue weighted by atomic mass is 9.87. The number of rotatable bonds is 6. The molecule has 3 nitrogen and oxygen atoms in total. The number of hydrogen-bond acceptors (Lipinski definition) is 2. The first-order valence-electron chi connectivity index (χ1n) is 6.49. The van der Waals surface area contributed by atoms with Crippen molar-refractivity contribution in [3.63, 3.8) is 0 Å². The number of carboxylic acid groups (broad SMARTS) is 1. The molecule has 1 saturated carbocycles. The number of hydrogen-bond donors (Lipinski definition) is 2. The van der Waals surface area contributed by atoms with E-state index in [4.69, 9.17) is 10.8 Å². The van der Waals surface area contributed by atoms with Gasteiger partial charge in [0.2, 0.25) is 0 Å². The maximum absolute atomic E-state index is 10.8. The largest absolute Gasteiger partial charge is 0.481 e. The highest BCUT2D eigenvalue weighted by Crippen LogP contribution is 2.31. The highest BCUT2D eigenvalue weighted by molar-refractivity contribution is 5.70. The van der Waals surface area contributed by atoms with Crippen LogP contribution in [0, 0.1) is 17.8 Å². The van der Waals surface area contributed by atoms with Crippen LogP contribution in [0.3, 0.4) is 0 Å². The summed E-state index contributed by atoms with van der Waals surface area (Å²) in [5.41, 5.74) is 5.91. The second-order valence-corrected chi connectivity index (χ2v) is 5.52. The Morgan fingerprint density at radius 1 is 1.38 bits per heavy atom. The van der Waals surface area contributed by atoms with E-state index in [9.17, 15) is 4.79 Å². The van der Waals surface area contributed by atoms with E-state index < -0.39 is 11.9 Å². The van der Waals surface area contributed by atoms with E-state index in [0.717, 1.165) is 12.3 Å². The maximum atomic E-state index is 10.8. The molecule has 1 aliphatic carbocycles. The third kappa shape index (κ3) is 4.12. The predicted octanol–water partition coefficient (Wildman–Crippen LogP) is 2.64. The van der Waals surface area contributed by atoms with Crippen molar-refractivity contribution in [1.82, 2.24) is 0 Å². The van der Waals surface area contributed by atoms with Crippen LogP contribution in [0.1, 0.15) is 52.4 Å². The zero-order valence-corrected chi connectivity index (χ0v) is 10.5. The van der Waals surface area contributed by atoms with Gasteiger partial charge < -0.3 is 10.8 Å². The Kier molecular flexibility index (Phi) is 5.26. The van der Waals surface area contributed by atoms with Gasteiger partial charge in [0.25, 0.3) is 0 Å². The number of carboxylic acids is 1. The van der Waals surface area contributed by atoms with E-state index in [0.29, 0.717) is 5.92 Å². The van der Waals surface area contributed by atoms with E-state index in [1.54, 1.807) is 6.92 Å². The summed E-state index contributed by atoms with van der Waals surface area (Å²) in [4.78, 5) is 10.8. The molecule has 94 valence electrons. The summed E-state index contributed by atoms with van der Waals surface area (Å²) in [5, 5.41) is 8.87. The molecule has 16 heavy (non-hydrogen) atoms. The van der Waals surface area contributed by atoms with Crippen LogP contribution in [0.2, 0.25) is 0 Å². The third-order valence-corrected chi connectivity index (χ3v) is 3.92. The summed E-state index contributed by atoms with van der Waals surface area (Å²) >= 11 is 0. The average molecular weight is 227 g/mol. The molecule has 0 aromatic rings. The number of aliphatic carboxylic acids is 1. The lowest BCUT2D eigenvalue weighted by Crippen LogP contribution is -2.35. The van der Waals surface area contributed by atoms with Crippen molar-refractivity contribution in [2.45, 2.75) is 58.4 Å². The minimum Gasteiger partial charge on any atom is -0.481 e. The SMILES string of the molecule is CC(CC1CCCC1)C[C@H](N)C(C)C(=O)O. The molecule has 0 radical (unpaired) electrons. The van der Waals surface area contributed by atoms with Gasteiger partial charge in [0.05, 0.1) is 5.92 Å². The summed E-state index contributed by atoms with van der Waals surface area (Å²) in [7, 11) is 0. The van der Waals surface area contributed by atoms with Gasteiger partial charge in [0.15, 0.2) is 0 Å². The fraction of sp³-hybridized carbons (Fsp3) is 0.923. The Hall–Kier alpha value is -0.570. The van der Waals surface area contributed by atoms with E-state index in [1.807, 2.05) is 0 Å². The van der Waals surface area contributed by atoms with Gasteiger partial charge in [-0.3, -0.25) is 4.79 Å². The molecule has 1 aliphatic rings. The van der Waals surface area contributed by atoms with Crippen molar-refractivity contribution in [2.24, 2.45) is 23.5 Å². The van der Waals surface area contributed by atoms with Gasteiger partial charge in [-0.25, -0.2) is 0 Å². The minimum atomic E-state index is -0.777. The fourth-order valence-corrected chi connectivity index (χ4v) is 2.76. The fourth-order valence-electron chi connectivity index (χ4n) is 2.76. The smallest absolute Gasteiger partial charge is 0.307 e. The second-order valence-electron chi connectivity index (χ2n) is 5.52. The van der Waals surface area contributed by atoms with Crippen molar-refractivity contribution in [1.29, 1.82) is 0 Å². The van der Waals surface area contributed by atoms with Crippen molar-refractivity contribution >= 4 is 5.97 Å². The Balaban J connectivity index is 2.26. The van der Waals surface area contributed by atoms with Gasteiger partial charge in [-0.2, -0.15) is 0 Å². The molecule has 3 atom stereocenters. The molecular formula is C13H25NO2. The van der Waals surface area contributed by atoms with Gasteiger partial charge in [-0.05, 0) is 24.7 Å². The van der Waals surface area contributed by atoms with Crippen LogP contribution in [0.4, 0.5) is 0 Å². The van der Waals surface area contributed by atoms with Crippen molar-refractivity contribution < 1.29 is 9.90 Å². The van der Waals surface area contributed by atoms with E-state index in [1.165, 1.54) is 32.1 Å². The standard InChI is InChI=1S/C13H25NO2/c1-9(7-11-5-3-4-6-11)8-12(14)10(2)13(15)16/h9-12H,3-8,14H2,1-2H3,(H,15,16)/t9?,10?,12-/m0/s1. The quantitative estimate of drug-likeness (QED) is 0.733. The molecule has 0 bridgehead atoms. The lowest BCUT2D eigenvalue weighted by Gasteiger charge is -2.22. The normalized spacial score (nSPS) is 22.9. The van der Waals surface area contributed by atoms with E-state index in [2.05, 4.69) is 6.92 Å². The Morgan fingerprint density at radius 3 is 2.44 bits per heavy atom. The zero-order valence-electron chi connectivity index (χ0n) is 10.5. The van der Waals surface area contributed by atoms with Crippen LogP contribution in [-0.2, 0) is 4.79 Å². The zero-order chi connectivity index (χ0) is 12.1. The van der Waals surface area contributed by atoms with Gasteiger partial charge in [0, 0.05) is 6.04 Å². The Bertz CT molecular complexity index is 224. The van der Waals surface area contributed by atoms with Gasteiger partial charge >= 0.3 is 5.97 Å². The molecule has 1 fully saturated rings. The molecule has 0 aromatic carbocycles. The lowest BCUT2D eigenvalue weighted by molar-refractivity contribution is -0.141. The third-order valence-electron chi connectivity index (χ3n) is 3.92. The number of carbonyl (C=O) groups is 1. The molecule has 0 spiro atoms. The molecule has 0 amide bonds. The van der Waals surface area contributed by atoms with E-state index >= 15 is 0 Å². The highest BCUT2D eigenvalue weighted by atomic mass is 16.4. The van der Waals surface area contributed by atoms with Crippen LogP contribution in [0.5, 0.6) is 0 Å². The molecular weight excluding hydrogens is 202 g/mol. The van der Waals surface area contributed by atoms with Crippen molar-refractivity contribution in [2.75, 3.05) is 0 Å². The van der Waals surface area contributed by atoms with Gasteiger partial charge in [-0.1, -0.05) is 39.5 Å². The average Bonchev–Trinajstić information content (AvgIpc) is 2.68. The monoisotopic (exact) mass is 227 g/mol. The van der Waals surface area contributed by atoms with Gasteiger partial charge in [-0.15, -0.1) is 0 Å². The Labute approximate surface area is 98.4 Å². The first-order valence-corrected chi connectivity index (χ1v) is 6.49. The molecule has 3 N–H and O–H groups in total. The summed E-state index contributed by atoms with van der Waals surface area (Å²) in [6, 6.07) is -0.200. The molecule has 3 heteroatoms. The molecule has 0 aromatic heterocycles. The van der Waals surface area contributed by atoms with Crippen LogP contribution >= 0.6 is 0 Å². The second kappa shape index (κ2) is 6.24. The highest BCUT2D eigenvalue weighted by Gasteiger charge is 2.24. The summed E-state index contributed by atoms with van der Waals surface area (Å²) in [6.45, 7) is 3.90. The summed E-state index contributed by atoms with van der Waals surface area (Å²) in [6.07, 6.45) is 7.51. The van der Waals surface area contributed by atoms with Crippen LogP contribution in [0.25, 0.3) is 0 Å². The summed E-state index contributed by atoms with van der Waals surface area (Å²) in [5.74, 6) is 0.217. The molecule has 1 rings (SSSR count). The van der Waals surface area contributed by atoms with Crippen LogP contribution in [0.15, 0.2) is 0 Å². The summed E-state index contributed by atoms with van der Waals surface area (Å²) < 4.78 is 0. The molecule has 0 aliphatic heterocycles. The topological polar surface area (TPSA) is 63.3 Å². The molecule has 0 heterocycles.